The van der Waals surface area contributed by atoms with Gasteiger partial charge in [-0.15, -0.1) is 0 Å². The smallest absolute Gasteiger partial charge is 0.340 e. The van der Waals surface area contributed by atoms with E-state index < -0.39 is 15.8 Å². The van der Waals surface area contributed by atoms with Crippen LogP contribution in [0.5, 0.6) is 11.5 Å². The molecule has 0 amide bonds. The Bertz CT molecular complexity index is 611. The van der Waals surface area contributed by atoms with E-state index in [1.54, 1.807) is 0 Å². The Morgan fingerprint density at radius 3 is 2.29 bits per heavy atom. The highest BCUT2D eigenvalue weighted by Crippen LogP contribution is 2.32. The van der Waals surface area contributed by atoms with Gasteiger partial charge in [0.05, 0.1) is 37.8 Å². The molecule has 1 rings (SSSR count). The summed E-state index contributed by atoms with van der Waals surface area (Å²) in [6.45, 7) is -0.000310. The monoisotopic (exact) mass is 317 g/mol. The van der Waals surface area contributed by atoms with Gasteiger partial charge in [-0.25, -0.2) is 13.2 Å². The summed E-state index contributed by atoms with van der Waals surface area (Å²) in [4.78, 5) is 11.9. The zero-order valence-corrected chi connectivity index (χ0v) is 13.0. The first-order valence-electron chi connectivity index (χ1n) is 6.15. The molecule has 7 nitrogen and oxygen atoms in total. The van der Waals surface area contributed by atoms with Gasteiger partial charge in [-0.2, -0.15) is 0 Å². The van der Waals surface area contributed by atoms with Crippen LogP contribution < -0.4 is 15.2 Å². The van der Waals surface area contributed by atoms with Crippen molar-refractivity contribution < 1.29 is 27.4 Å². The molecule has 0 saturated carbocycles. The number of ether oxygens (including phenoxy) is 3. The highest BCUT2D eigenvalue weighted by molar-refractivity contribution is 7.90. The summed E-state index contributed by atoms with van der Waals surface area (Å²) in [7, 11) is -0.169. The van der Waals surface area contributed by atoms with Crippen LogP contribution in [-0.2, 0) is 14.6 Å². The average molecular weight is 317 g/mol. The molecule has 21 heavy (non-hydrogen) atoms. The van der Waals surface area contributed by atoms with Crippen molar-refractivity contribution in [3.63, 3.8) is 0 Å². The first kappa shape index (κ1) is 17.1. The maximum Gasteiger partial charge on any atom is 0.340 e. The van der Waals surface area contributed by atoms with Crippen LogP contribution in [0.3, 0.4) is 0 Å². The first-order chi connectivity index (χ1) is 9.78. The van der Waals surface area contributed by atoms with Crippen molar-refractivity contribution in [1.29, 1.82) is 0 Å². The Kier molecular flexibility index (Phi) is 5.83. The lowest BCUT2D eigenvalue weighted by molar-refractivity contribution is 0.0506. The molecule has 1 aromatic carbocycles. The van der Waals surface area contributed by atoms with Crippen molar-refractivity contribution in [2.45, 2.75) is 6.42 Å². The summed E-state index contributed by atoms with van der Waals surface area (Å²) in [5.74, 6) is 0.0854. The second kappa shape index (κ2) is 7.16. The standard InChI is InChI=1S/C13H19NO6S/c1-18-11-7-9(10(14)8-12(11)19-2)13(15)20-5-4-6-21(3,16)17/h7-8H,4-6,14H2,1-3H3. The van der Waals surface area contributed by atoms with Gasteiger partial charge in [-0.1, -0.05) is 0 Å². The second-order valence-corrected chi connectivity index (χ2v) is 6.67. The molecule has 0 bridgehead atoms. The molecule has 0 aliphatic rings. The van der Waals surface area contributed by atoms with Gasteiger partial charge in [0, 0.05) is 18.4 Å². The van der Waals surface area contributed by atoms with Crippen molar-refractivity contribution in [2.75, 3.05) is 38.6 Å². The predicted octanol–water partition coefficient (Wildman–Crippen LogP) is 0.877. The molecule has 0 radical (unpaired) electrons. The van der Waals surface area contributed by atoms with Crippen LogP contribution in [0.1, 0.15) is 16.8 Å². The van der Waals surface area contributed by atoms with E-state index in [2.05, 4.69) is 0 Å². The number of carbonyl (C=O) groups excluding carboxylic acids is 1. The molecular weight excluding hydrogens is 298 g/mol. The van der Waals surface area contributed by atoms with E-state index in [-0.39, 0.29) is 30.0 Å². The Hall–Kier alpha value is -1.96. The van der Waals surface area contributed by atoms with Gasteiger partial charge in [-0.3, -0.25) is 0 Å². The molecular formula is C13H19NO6S. The molecule has 0 unspecified atom stereocenters. The fourth-order valence-corrected chi connectivity index (χ4v) is 2.28. The van der Waals surface area contributed by atoms with E-state index >= 15 is 0 Å². The molecule has 0 saturated heterocycles. The van der Waals surface area contributed by atoms with Gasteiger partial charge < -0.3 is 19.9 Å². The summed E-state index contributed by atoms with van der Waals surface area (Å²) < 4.78 is 37.1. The highest BCUT2D eigenvalue weighted by Gasteiger charge is 2.16. The predicted molar refractivity (Wildman–Crippen MR) is 78.6 cm³/mol. The third-order valence-corrected chi connectivity index (χ3v) is 3.70. The Labute approximate surface area is 123 Å². The Balaban J connectivity index is 2.74. The molecule has 0 fully saturated rings. The van der Waals surface area contributed by atoms with Gasteiger partial charge in [0.15, 0.2) is 11.5 Å². The molecule has 0 aromatic heterocycles. The molecule has 8 heteroatoms. The van der Waals surface area contributed by atoms with Gasteiger partial charge in [0.2, 0.25) is 0 Å². The number of hydrogen-bond acceptors (Lipinski definition) is 7. The number of methoxy groups -OCH3 is 2. The summed E-state index contributed by atoms with van der Waals surface area (Å²) in [6.07, 6.45) is 1.36. The van der Waals surface area contributed by atoms with Gasteiger partial charge in [-0.05, 0) is 6.42 Å². The minimum absolute atomic E-state index is 0.000310. The number of anilines is 1. The van der Waals surface area contributed by atoms with Gasteiger partial charge in [0.1, 0.15) is 9.84 Å². The topological polar surface area (TPSA) is 105 Å². The SMILES string of the molecule is COc1cc(N)c(C(=O)OCCCS(C)(=O)=O)cc1OC. The molecule has 2 N–H and O–H groups in total. The van der Waals surface area contributed by atoms with E-state index in [1.165, 1.54) is 26.4 Å². The van der Waals surface area contributed by atoms with Crippen molar-refractivity contribution in [1.82, 2.24) is 0 Å². The molecule has 0 aliphatic heterocycles. The van der Waals surface area contributed by atoms with Gasteiger partial charge >= 0.3 is 5.97 Å². The van der Waals surface area contributed by atoms with E-state index in [1.807, 2.05) is 0 Å². The number of carbonyl (C=O) groups is 1. The lowest BCUT2D eigenvalue weighted by Gasteiger charge is -2.12. The zero-order chi connectivity index (χ0) is 16.0. The fraction of sp³-hybridized carbons (Fsp3) is 0.462. The minimum Gasteiger partial charge on any atom is -0.493 e. The highest BCUT2D eigenvalue weighted by atomic mass is 32.2. The molecule has 1 aromatic rings. The number of nitrogen functional groups attached to an aromatic ring is 1. The van der Waals surface area contributed by atoms with E-state index in [0.29, 0.717) is 11.5 Å². The first-order valence-corrected chi connectivity index (χ1v) is 8.21. The third-order valence-electron chi connectivity index (χ3n) is 2.67. The van der Waals surface area contributed by atoms with E-state index in [9.17, 15) is 13.2 Å². The summed E-state index contributed by atoms with van der Waals surface area (Å²) >= 11 is 0. The number of sulfone groups is 1. The molecule has 118 valence electrons. The summed E-state index contributed by atoms with van der Waals surface area (Å²) in [5.41, 5.74) is 6.10. The lowest BCUT2D eigenvalue weighted by Crippen LogP contribution is -2.12. The van der Waals surface area contributed by atoms with Gasteiger partial charge in [0.25, 0.3) is 0 Å². The van der Waals surface area contributed by atoms with Crippen LogP contribution in [0.2, 0.25) is 0 Å². The van der Waals surface area contributed by atoms with Crippen LogP contribution in [-0.4, -0.2) is 47.2 Å². The van der Waals surface area contributed by atoms with Crippen molar-refractivity contribution in [3.05, 3.63) is 17.7 Å². The minimum atomic E-state index is -3.07. The largest absolute Gasteiger partial charge is 0.493 e. The molecule has 0 atom stereocenters. The van der Waals surface area contributed by atoms with Crippen LogP contribution in [0.25, 0.3) is 0 Å². The fourth-order valence-electron chi connectivity index (χ4n) is 1.64. The van der Waals surface area contributed by atoms with Crippen LogP contribution in [0.15, 0.2) is 12.1 Å². The van der Waals surface area contributed by atoms with Crippen LogP contribution in [0.4, 0.5) is 5.69 Å². The number of nitrogens with two attached hydrogens (primary N) is 1. The van der Waals surface area contributed by atoms with Crippen LogP contribution in [0, 0.1) is 0 Å². The number of hydrogen-bond donors (Lipinski definition) is 1. The number of benzene rings is 1. The van der Waals surface area contributed by atoms with Crippen molar-refractivity contribution in [3.8, 4) is 11.5 Å². The lowest BCUT2D eigenvalue weighted by atomic mass is 10.1. The zero-order valence-electron chi connectivity index (χ0n) is 12.2. The molecule has 0 aliphatic carbocycles. The van der Waals surface area contributed by atoms with Crippen LogP contribution >= 0.6 is 0 Å². The molecule has 0 heterocycles. The van der Waals surface area contributed by atoms with Crippen molar-refractivity contribution in [2.24, 2.45) is 0 Å². The maximum atomic E-state index is 11.9. The summed E-state index contributed by atoms with van der Waals surface area (Å²) in [6, 6.07) is 2.89. The Morgan fingerprint density at radius 2 is 1.76 bits per heavy atom. The van der Waals surface area contributed by atoms with E-state index in [0.717, 1.165) is 6.26 Å². The normalized spacial score (nSPS) is 11.0. The number of rotatable bonds is 7. The second-order valence-electron chi connectivity index (χ2n) is 4.41. The number of esters is 1. The summed E-state index contributed by atoms with van der Waals surface area (Å²) in [5, 5.41) is 0. The Morgan fingerprint density at radius 1 is 1.19 bits per heavy atom. The van der Waals surface area contributed by atoms with Crippen molar-refractivity contribution >= 4 is 21.5 Å². The molecule has 0 spiro atoms. The maximum absolute atomic E-state index is 11.9. The average Bonchev–Trinajstić information content (AvgIpc) is 2.41. The van der Waals surface area contributed by atoms with E-state index in [4.69, 9.17) is 19.9 Å². The third kappa shape index (κ3) is 5.14. The quantitative estimate of drug-likeness (QED) is 0.452.